The number of phenols is 1. The van der Waals surface area contributed by atoms with E-state index in [-0.39, 0.29) is 23.2 Å². The number of aromatic hydroxyl groups is 1. The molecule has 2 aromatic carbocycles. The molecule has 2 aromatic rings. The lowest BCUT2D eigenvalue weighted by atomic mass is 10.2. The summed E-state index contributed by atoms with van der Waals surface area (Å²) in [4.78, 5) is 25.5. The fourth-order valence-corrected chi connectivity index (χ4v) is 1.95. The standard InChI is InChI=1S/C18H19NO5/c1-12(2)23-17(21)15-11-14(9-10-16(15)20)24-18(22)19(3)13-7-5-4-6-8-13/h4-12,20H,1-3H3. The summed E-state index contributed by atoms with van der Waals surface area (Å²) in [5, 5.41) is 9.79. The highest BCUT2D eigenvalue weighted by atomic mass is 16.6. The molecular weight excluding hydrogens is 310 g/mol. The zero-order valence-corrected chi connectivity index (χ0v) is 13.7. The average molecular weight is 329 g/mol. The van der Waals surface area contributed by atoms with Crippen LogP contribution in [0.3, 0.4) is 0 Å². The van der Waals surface area contributed by atoms with Crippen LogP contribution in [0.1, 0.15) is 24.2 Å². The molecule has 1 N–H and O–H groups in total. The van der Waals surface area contributed by atoms with Crippen molar-refractivity contribution in [3.63, 3.8) is 0 Å². The molecule has 24 heavy (non-hydrogen) atoms. The molecule has 0 bridgehead atoms. The number of hydrogen-bond donors (Lipinski definition) is 1. The van der Waals surface area contributed by atoms with E-state index in [4.69, 9.17) is 9.47 Å². The summed E-state index contributed by atoms with van der Waals surface area (Å²) in [6.45, 7) is 3.40. The predicted molar refractivity (Wildman–Crippen MR) is 89.5 cm³/mol. The van der Waals surface area contributed by atoms with Gasteiger partial charge in [-0.25, -0.2) is 9.59 Å². The normalized spacial score (nSPS) is 10.3. The first-order chi connectivity index (χ1) is 11.4. The Labute approximate surface area is 140 Å². The Hall–Kier alpha value is -3.02. The van der Waals surface area contributed by atoms with E-state index in [9.17, 15) is 14.7 Å². The second kappa shape index (κ2) is 7.50. The van der Waals surface area contributed by atoms with Crippen molar-refractivity contribution in [2.45, 2.75) is 20.0 Å². The second-order valence-corrected chi connectivity index (χ2v) is 5.40. The fourth-order valence-electron chi connectivity index (χ4n) is 1.95. The number of carbonyl (C=O) groups excluding carboxylic acids is 2. The quantitative estimate of drug-likeness (QED) is 0.868. The van der Waals surface area contributed by atoms with Crippen LogP contribution in [0.15, 0.2) is 48.5 Å². The number of esters is 1. The molecule has 0 aliphatic carbocycles. The van der Waals surface area contributed by atoms with Gasteiger partial charge in [-0.15, -0.1) is 0 Å². The molecule has 0 aromatic heterocycles. The summed E-state index contributed by atoms with van der Waals surface area (Å²) in [7, 11) is 1.58. The Morgan fingerprint density at radius 1 is 1.08 bits per heavy atom. The number of phenolic OH excluding ortho intramolecular Hbond substituents is 1. The van der Waals surface area contributed by atoms with Crippen molar-refractivity contribution in [1.29, 1.82) is 0 Å². The van der Waals surface area contributed by atoms with Gasteiger partial charge < -0.3 is 14.6 Å². The van der Waals surface area contributed by atoms with Gasteiger partial charge in [0.25, 0.3) is 0 Å². The zero-order valence-electron chi connectivity index (χ0n) is 13.7. The van der Waals surface area contributed by atoms with Crippen molar-refractivity contribution in [2.24, 2.45) is 0 Å². The summed E-state index contributed by atoms with van der Waals surface area (Å²) >= 11 is 0. The summed E-state index contributed by atoms with van der Waals surface area (Å²) < 4.78 is 10.3. The van der Waals surface area contributed by atoms with Gasteiger partial charge in [0, 0.05) is 12.7 Å². The summed E-state index contributed by atoms with van der Waals surface area (Å²) in [6.07, 6.45) is -0.942. The Kier molecular flexibility index (Phi) is 5.42. The summed E-state index contributed by atoms with van der Waals surface area (Å²) in [5.41, 5.74) is 0.608. The number of para-hydroxylation sites is 1. The number of ether oxygens (including phenoxy) is 2. The largest absolute Gasteiger partial charge is 0.507 e. The van der Waals surface area contributed by atoms with Gasteiger partial charge in [-0.3, -0.25) is 4.90 Å². The highest BCUT2D eigenvalue weighted by Gasteiger charge is 2.18. The van der Waals surface area contributed by atoms with Crippen molar-refractivity contribution in [3.05, 3.63) is 54.1 Å². The lowest BCUT2D eigenvalue weighted by Crippen LogP contribution is -2.29. The molecule has 126 valence electrons. The van der Waals surface area contributed by atoms with Gasteiger partial charge in [0.1, 0.15) is 17.1 Å². The van der Waals surface area contributed by atoms with Gasteiger partial charge in [0.2, 0.25) is 0 Å². The van der Waals surface area contributed by atoms with Gasteiger partial charge in [-0.1, -0.05) is 18.2 Å². The lowest BCUT2D eigenvalue weighted by Gasteiger charge is -2.17. The predicted octanol–water partition coefficient (Wildman–Crippen LogP) is 3.59. The van der Waals surface area contributed by atoms with Crippen LogP contribution in [0, 0.1) is 0 Å². The third kappa shape index (κ3) is 4.25. The van der Waals surface area contributed by atoms with Crippen molar-refractivity contribution < 1.29 is 24.2 Å². The van der Waals surface area contributed by atoms with E-state index in [0.717, 1.165) is 0 Å². The Balaban J connectivity index is 2.15. The highest BCUT2D eigenvalue weighted by molar-refractivity contribution is 5.93. The highest BCUT2D eigenvalue weighted by Crippen LogP contribution is 2.25. The molecule has 0 atom stereocenters. The number of amides is 1. The molecule has 0 aliphatic rings. The molecule has 0 saturated carbocycles. The van der Waals surface area contributed by atoms with E-state index >= 15 is 0 Å². The van der Waals surface area contributed by atoms with Crippen molar-refractivity contribution in [3.8, 4) is 11.5 Å². The third-order valence-corrected chi connectivity index (χ3v) is 3.15. The fraction of sp³-hybridized carbons (Fsp3) is 0.222. The number of benzene rings is 2. The molecule has 0 heterocycles. The van der Waals surface area contributed by atoms with Gasteiger partial charge >= 0.3 is 12.1 Å². The van der Waals surface area contributed by atoms with Crippen LogP contribution >= 0.6 is 0 Å². The molecule has 0 unspecified atom stereocenters. The SMILES string of the molecule is CC(C)OC(=O)c1cc(OC(=O)N(C)c2ccccc2)ccc1O. The van der Waals surface area contributed by atoms with Crippen LogP contribution in [-0.2, 0) is 4.74 Å². The van der Waals surface area contributed by atoms with Crippen molar-refractivity contribution in [1.82, 2.24) is 0 Å². The maximum atomic E-state index is 12.2. The van der Waals surface area contributed by atoms with Crippen LogP contribution in [0.4, 0.5) is 10.5 Å². The van der Waals surface area contributed by atoms with Crippen molar-refractivity contribution in [2.75, 3.05) is 11.9 Å². The molecule has 6 nitrogen and oxygen atoms in total. The van der Waals surface area contributed by atoms with E-state index in [1.165, 1.54) is 23.1 Å². The number of rotatable bonds is 4. The second-order valence-electron chi connectivity index (χ2n) is 5.40. The molecule has 2 rings (SSSR count). The molecule has 1 amide bonds. The lowest BCUT2D eigenvalue weighted by molar-refractivity contribution is 0.0374. The molecule has 0 saturated heterocycles. The van der Waals surface area contributed by atoms with Crippen LogP contribution in [0.5, 0.6) is 11.5 Å². The molecule has 0 spiro atoms. The minimum Gasteiger partial charge on any atom is -0.507 e. The zero-order chi connectivity index (χ0) is 17.7. The smallest absolute Gasteiger partial charge is 0.419 e. The van der Waals surface area contributed by atoms with Crippen LogP contribution in [0.25, 0.3) is 0 Å². The maximum Gasteiger partial charge on any atom is 0.419 e. The Morgan fingerprint density at radius 3 is 2.38 bits per heavy atom. The number of carbonyl (C=O) groups is 2. The van der Waals surface area contributed by atoms with Gasteiger partial charge in [-0.2, -0.15) is 0 Å². The third-order valence-electron chi connectivity index (χ3n) is 3.15. The van der Waals surface area contributed by atoms with Crippen molar-refractivity contribution >= 4 is 17.7 Å². The number of hydrogen-bond acceptors (Lipinski definition) is 5. The Bertz CT molecular complexity index is 727. The molecular formula is C18H19NO5. The first-order valence-electron chi connectivity index (χ1n) is 7.43. The van der Waals surface area contributed by atoms with E-state index in [1.54, 1.807) is 45.2 Å². The van der Waals surface area contributed by atoms with E-state index in [0.29, 0.717) is 5.69 Å². The Morgan fingerprint density at radius 2 is 1.75 bits per heavy atom. The van der Waals surface area contributed by atoms with Gasteiger partial charge in [-0.05, 0) is 44.2 Å². The van der Waals surface area contributed by atoms with Crippen LogP contribution < -0.4 is 9.64 Å². The minimum atomic E-state index is -0.684. The molecule has 0 aliphatic heterocycles. The number of anilines is 1. The topological polar surface area (TPSA) is 76.1 Å². The summed E-state index contributed by atoms with van der Waals surface area (Å²) in [5.74, 6) is -0.787. The molecule has 0 radical (unpaired) electrons. The average Bonchev–Trinajstić information content (AvgIpc) is 2.56. The van der Waals surface area contributed by atoms with Gasteiger partial charge in [0.15, 0.2) is 0 Å². The van der Waals surface area contributed by atoms with Crippen LogP contribution in [0.2, 0.25) is 0 Å². The van der Waals surface area contributed by atoms with Crippen LogP contribution in [-0.4, -0.2) is 30.3 Å². The van der Waals surface area contributed by atoms with E-state index in [2.05, 4.69) is 0 Å². The molecule has 0 fully saturated rings. The molecule has 6 heteroatoms. The first-order valence-corrected chi connectivity index (χ1v) is 7.43. The van der Waals surface area contributed by atoms with E-state index < -0.39 is 12.1 Å². The first kappa shape index (κ1) is 17.3. The minimum absolute atomic E-state index is 0.0589. The maximum absolute atomic E-state index is 12.2. The summed E-state index contributed by atoms with van der Waals surface area (Å²) in [6, 6.07) is 12.9. The number of nitrogens with zero attached hydrogens (tertiary/aromatic N) is 1. The van der Waals surface area contributed by atoms with Gasteiger partial charge in [0.05, 0.1) is 6.10 Å². The monoisotopic (exact) mass is 329 g/mol. The van der Waals surface area contributed by atoms with E-state index in [1.807, 2.05) is 6.07 Å².